The summed E-state index contributed by atoms with van der Waals surface area (Å²) in [6.45, 7) is 0. The van der Waals surface area contributed by atoms with Crippen molar-refractivity contribution in [2.45, 2.75) is 12.5 Å². The summed E-state index contributed by atoms with van der Waals surface area (Å²) in [6, 6.07) is 15.8. The first-order chi connectivity index (χ1) is 10.2. The van der Waals surface area contributed by atoms with Gasteiger partial charge in [0.15, 0.2) is 6.04 Å². The molecule has 3 N–H and O–H groups in total. The van der Waals surface area contributed by atoms with Crippen LogP contribution >= 0.6 is 0 Å². The van der Waals surface area contributed by atoms with E-state index < -0.39 is 11.9 Å². The van der Waals surface area contributed by atoms with Crippen LogP contribution in [-0.4, -0.2) is 16.8 Å². The molecule has 2 aromatic carbocycles. The lowest BCUT2D eigenvalue weighted by Gasteiger charge is -2.35. The Hall–Kier alpha value is -2.82. The summed E-state index contributed by atoms with van der Waals surface area (Å²) in [6.07, 6.45) is 0.250. The highest BCUT2D eigenvalue weighted by Gasteiger charge is 2.36. The highest BCUT2D eigenvalue weighted by molar-refractivity contribution is 5.92. The second kappa shape index (κ2) is 5.28. The number of para-hydroxylation sites is 1. The molecule has 0 aliphatic carbocycles. The fraction of sp³-hybridized carbons (Fsp3) is 0.125. The van der Waals surface area contributed by atoms with Gasteiger partial charge in [0.2, 0.25) is 11.8 Å². The molecule has 1 aliphatic heterocycles. The lowest BCUT2D eigenvalue weighted by atomic mass is 9.93. The number of nitrogens with zero attached hydrogens (tertiary/aromatic N) is 1. The Bertz CT molecular complexity index is 685. The Morgan fingerprint density at radius 2 is 1.76 bits per heavy atom. The standard InChI is InChI=1S/C16H15N3O2/c17-16(21)15-13-9-5-4-6-11(13)10-14(20)19(15)18-12-7-2-1-3-8-12/h1-9,15,18H,10H2,(H2,17,21). The van der Waals surface area contributed by atoms with Gasteiger partial charge in [-0.05, 0) is 23.3 Å². The number of fused-ring (bicyclic) bond motifs is 1. The number of nitrogens with two attached hydrogens (primary N) is 1. The van der Waals surface area contributed by atoms with Crippen molar-refractivity contribution in [2.24, 2.45) is 5.73 Å². The quantitative estimate of drug-likeness (QED) is 0.897. The van der Waals surface area contributed by atoms with Crippen LogP contribution in [0, 0.1) is 0 Å². The van der Waals surface area contributed by atoms with Gasteiger partial charge in [-0.15, -0.1) is 0 Å². The number of anilines is 1. The van der Waals surface area contributed by atoms with Gasteiger partial charge >= 0.3 is 0 Å². The third-order valence-corrected chi connectivity index (χ3v) is 3.51. The lowest BCUT2D eigenvalue weighted by molar-refractivity contribution is -0.138. The van der Waals surface area contributed by atoms with Crippen LogP contribution in [0.5, 0.6) is 0 Å². The van der Waals surface area contributed by atoms with E-state index in [1.165, 1.54) is 5.01 Å². The Labute approximate surface area is 122 Å². The number of nitrogens with one attached hydrogen (secondary N) is 1. The average Bonchev–Trinajstić information content (AvgIpc) is 2.48. The molecule has 0 saturated heterocycles. The lowest BCUT2D eigenvalue weighted by Crippen LogP contribution is -2.48. The maximum Gasteiger partial charge on any atom is 0.246 e. The summed E-state index contributed by atoms with van der Waals surface area (Å²) < 4.78 is 0. The molecule has 1 heterocycles. The Morgan fingerprint density at radius 3 is 2.48 bits per heavy atom. The third-order valence-electron chi connectivity index (χ3n) is 3.51. The highest BCUT2D eigenvalue weighted by Crippen LogP contribution is 2.30. The number of rotatable bonds is 3. The Balaban J connectivity index is 1.99. The second-order valence-electron chi connectivity index (χ2n) is 4.92. The van der Waals surface area contributed by atoms with Gasteiger partial charge in [0.05, 0.1) is 12.1 Å². The molecule has 1 unspecified atom stereocenters. The van der Waals surface area contributed by atoms with Crippen LogP contribution in [0.15, 0.2) is 54.6 Å². The van der Waals surface area contributed by atoms with E-state index in [4.69, 9.17) is 5.73 Å². The van der Waals surface area contributed by atoms with E-state index in [0.29, 0.717) is 0 Å². The van der Waals surface area contributed by atoms with Gasteiger partial charge in [-0.2, -0.15) is 0 Å². The van der Waals surface area contributed by atoms with Crippen molar-refractivity contribution in [3.05, 3.63) is 65.7 Å². The molecule has 2 aromatic rings. The number of amides is 2. The first kappa shape index (κ1) is 13.2. The molecule has 0 radical (unpaired) electrons. The molecule has 0 fully saturated rings. The van der Waals surface area contributed by atoms with Crippen LogP contribution in [0.1, 0.15) is 17.2 Å². The minimum absolute atomic E-state index is 0.179. The van der Waals surface area contributed by atoms with Crippen molar-refractivity contribution < 1.29 is 9.59 Å². The first-order valence-corrected chi connectivity index (χ1v) is 6.67. The predicted octanol–water partition coefficient (Wildman–Crippen LogP) is 1.62. The SMILES string of the molecule is NC(=O)C1c2ccccc2CC(=O)N1Nc1ccccc1. The maximum atomic E-state index is 12.3. The number of carbonyl (C=O) groups is 2. The number of benzene rings is 2. The monoisotopic (exact) mass is 281 g/mol. The van der Waals surface area contributed by atoms with Crippen LogP contribution in [0.4, 0.5) is 5.69 Å². The van der Waals surface area contributed by atoms with E-state index in [-0.39, 0.29) is 12.3 Å². The minimum Gasteiger partial charge on any atom is -0.368 e. The van der Waals surface area contributed by atoms with E-state index in [1.54, 1.807) is 0 Å². The largest absolute Gasteiger partial charge is 0.368 e. The summed E-state index contributed by atoms with van der Waals surface area (Å²) >= 11 is 0. The summed E-state index contributed by atoms with van der Waals surface area (Å²) in [5, 5.41) is 1.32. The number of hydrogen-bond donors (Lipinski definition) is 2. The molecule has 3 rings (SSSR count). The molecule has 21 heavy (non-hydrogen) atoms. The van der Waals surface area contributed by atoms with Crippen LogP contribution in [0.2, 0.25) is 0 Å². The zero-order chi connectivity index (χ0) is 14.8. The van der Waals surface area contributed by atoms with Crippen LogP contribution < -0.4 is 11.2 Å². The fourth-order valence-electron chi connectivity index (χ4n) is 2.55. The number of carbonyl (C=O) groups excluding carboxylic acids is 2. The molecule has 1 aliphatic rings. The molecular formula is C16H15N3O2. The van der Waals surface area contributed by atoms with Crippen molar-refractivity contribution in [3.63, 3.8) is 0 Å². The number of hydrogen-bond acceptors (Lipinski definition) is 3. The normalized spacial score (nSPS) is 17.2. The van der Waals surface area contributed by atoms with E-state index in [1.807, 2.05) is 54.6 Å². The Kier molecular flexibility index (Phi) is 3.31. The zero-order valence-electron chi connectivity index (χ0n) is 11.3. The van der Waals surface area contributed by atoms with Crippen LogP contribution in [0.3, 0.4) is 0 Å². The molecule has 0 saturated carbocycles. The summed E-state index contributed by atoms with van der Waals surface area (Å²) in [7, 11) is 0. The minimum atomic E-state index is -0.803. The molecule has 106 valence electrons. The maximum absolute atomic E-state index is 12.3. The third kappa shape index (κ3) is 2.45. The van der Waals surface area contributed by atoms with E-state index in [2.05, 4.69) is 5.43 Å². The number of primary amides is 1. The zero-order valence-corrected chi connectivity index (χ0v) is 11.3. The van der Waals surface area contributed by atoms with Gasteiger partial charge in [-0.3, -0.25) is 15.0 Å². The average molecular weight is 281 g/mol. The molecule has 0 bridgehead atoms. The van der Waals surface area contributed by atoms with Crippen molar-refractivity contribution in [1.82, 2.24) is 5.01 Å². The highest BCUT2D eigenvalue weighted by atomic mass is 16.2. The smallest absolute Gasteiger partial charge is 0.246 e. The van der Waals surface area contributed by atoms with Gasteiger partial charge < -0.3 is 5.73 Å². The van der Waals surface area contributed by atoms with Crippen molar-refractivity contribution in [1.29, 1.82) is 0 Å². The van der Waals surface area contributed by atoms with Gasteiger partial charge in [0.25, 0.3) is 0 Å². The van der Waals surface area contributed by atoms with Gasteiger partial charge in [0, 0.05) is 0 Å². The van der Waals surface area contributed by atoms with Crippen molar-refractivity contribution in [2.75, 3.05) is 5.43 Å². The molecule has 5 nitrogen and oxygen atoms in total. The predicted molar refractivity (Wildman–Crippen MR) is 79.0 cm³/mol. The summed E-state index contributed by atoms with van der Waals surface area (Å²) in [5.41, 5.74) is 10.9. The fourth-order valence-corrected chi connectivity index (χ4v) is 2.55. The molecule has 5 heteroatoms. The first-order valence-electron chi connectivity index (χ1n) is 6.67. The molecule has 0 aromatic heterocycles. The summed E-state index contributed by atoms with van der Waals surface area (Å²) in [4.78, 5) is 24.2. The second-order valence-corrected chi connectivity index (χ2v) is 4.92. The topological polar surface area (TPSA) is 75.4 Å². The molecular weight excluding hydrogens is 266 g/mol. The molecule has 0 spiro atoms. The number of hydrazine groups is 1. The molecule has 1 atom stereocenters. The van der Waals surface area contributed by atoms with Gasteiger partial charge in [-0.1, -0.05) is 42.5 Å². The van der Waals surface area contributed by atoms with E-state index in [9.17, 15) is 9.59 Å². The van der Waals surface area contributed by atoms with Gasteiger partial charge in [0.1, 0.15) is 0 Å². The van der Waals surface area contributed by atoms with Crippen LogP contribution in [-0.2, 0) is 16.0 Å². The van der Waals surface area contributed by atoms with Gasteiger partial charge in [-0.25, -0.2) is 5.01 Å². The Morgan fingerprint density at radius 1 is 1.10 bits per heavy atom. The van der Waals surface area contributed by atoms with E-state index >= 15 is 0 Å². The van der Waals surface area contributed by atoms with Crippen molar-refractivity contribution >= 4 is 17.5 Å². The molecule has 2 amide bonds. The van der Waals surface area contributed by atoms with Crippen LogP contribution in [0.25, 0.3) is 0 Å². The van der Waals surface area contributed by atoms with E-state index in [0.717, 1.165) is 16.8 Å². The van der Waals surface area contributed by atoms with Crippen molar-refractivity contribution in [3.8, 4) is 0 Å². The summed E-state index contributed by atoms with van der Waals surface area (Å²) in [5.74, 6) is -0.736.